The van der Waals surface area contributed by atoms with Crippen LogP contribution in [-0.2, 0) is 11.3 Å². The molecule has 1 atom stereocenters. The van der Waals surface area contributed by atoms with E-state index < -0.39 is 0 Å². The zero-order valence-corrected chi connectivity index (χ0v) is 11.8. The van der Waals surface area contributed by atoms with Gasteiger partial charge in [-0.25, -0.2) is 4.98 Å². The summed E-state index contributed by atoms with van der Waals surface area (Å²) < 4.78 is 7.93. The zero-order valence-electron chi connectivity index (χ0n) is 11.8. The first kappa shape index (κ1) is 12.6. The van der Waals surface area contributed by atoms with Crippen LogP contribution in [0.4, 0.5) is 5.95 Å². The summed E-state index contributed by atoms with van der Waals surface area (Å²) in [6.07, 6.45) is 5.49. The molecule has 0 aliphatic carbocycles. The van der Waals surface area contributed by atoms with Gasteiger partial charge in [0.2, 0.25) is 5.95 Å². The zero-order chi connectivity index (χ0) is 14.2. The first-order valence-corrected chi connectivity index (χ1v) is 7.44. The highest BCUT2D eigenvalue weighted by Crippen LogP contribution is 2.27. The average molecular weight is 282 g/mol. The number of fused-ring (bicyclic) bond motifs is 3. The van der Waals surface area contributed by atoms with Crippen molar-refractivity contribution in [3.8, 4) is 0 Å². The second kappa shape index (κ2) is 5.00. The lowest BCUT2D eigenvalue weighted by molar-refractivity contribution is 0.00697. The third-order valence-electron chi connectivity index (χ3n) is 4.17. The van der Waals surface area contributed by atoms with Crippen molar-refractivity contribution < 1.29 is 4.74 Å². The molecule has 0 radical (unpaired) electrons. The molecule has 3 aromatic rings. The van der Waals surface area contributed by atoms with Crippen LogP contribution in [0.5, 0.6) is 0 Å². The fourth-order valence-corrected chi connectivity index (χ4v) is 3.12. The van der Waals surface area contributed by atoms with Gasteiger partial charge in [-0.2, -0.15) is 0 Å². The Morgan fingerprint density at radius 2 is 2.14 bits per heavy atom. The van der Waals surface area contributed by atoms with E-state index in [1.807, 2.05) is 18.2 Å². The maximum Gasteiger partial charge on any atom is 0.201 e. The highest BCUT2D eigenvalue weighted by atomic mass is 16.5. The highest BCUT2D eigenvalue weighted by molar-refractivity contribution is 6.02. The van der Waals surface area contributed by atoms with Crippen LogP contribution in [0.25, 0.3) is 21.9 Å². The molecule has 1 saturated heterocycles. The summed E-state index contributed by atoms with van der Waals surface area (Å²) in [6.45, 7) is 1.61. The van der Waals surface area contributed by atoms with E-state index in [1.165, 1.54) is 6.42 Å². The summed E-state index contributed by atoms with van der Waals surface area (Å²) in [5.74, 6) is 0.539. The van der Waals surface area contributed by atoms with E-state index in [0.29, 0.717) is 5.95 Å². The number of nitrogens with two attached hydrogens (primary N) is 1. The van der Waals surface area contributed by atoms with Gasteiger partial charge < -0.3 is 15.0 Å². The van der Waals surface area contributed by atoms with E-state index in [2.05, 4.69) is 20.6 Å². The predicted octanol–water partition coefficient (Wildman–Crippen LogP) is 2.74. The summed E-state index contributed by atoms with van der Waals surface area (Å²) >= 11 is 0. The van der Waals surface area contributed by atoms with Crippen LogP contribution in [0.1, 0.15) is 19.3 Å². The fourth-order valence-electron chi connectivity index (χ4n) is 3.12. The number of aromatic nitrogens is 3. The van der Waals surface area contributed by atoms with E-state index in [-0.39, 0.29) is 6.10 Å². The standard InChI is InChI=1S/C16H18N4O/c17-16-19-14-9-18-13-7-2-1-6-12(13)15(14)20(16)10-11-5-3-4-8-21-11/h1-2,6-7,9,11H,3-5,8,10H2,(H2,17,19). The number of pyridine rings is 1. The Morgan fingerprint density at radius 3 is 3.00 bits per heavy atom. The first-order valence-electron chi connectivity index (χ1n) is 7.44. The Balaban J connectivity index is 1.86. The monoisotopic (exact) mass is 282 g/mol. The minimum Gasteiger partial charge on any atom is -0.376 e. The lowest BCUT2D eigenvalue weighted by Gasteiger charge is -2.23. The maximum absolute atomic E-state index is 6.13. The molecule has 3 heterocycles. The molecule has 1 unspecified atom stereocenters. The van der Waals surface area contributed by atoms with Gasteiger partial charge in [0.1, 0.15) is 5.52 Å². The maximum atomic E-state index is 6.13. The third kappa shape index (κ3) is 2.14. The van der Waals surface area contributed by atoms with Crippen LogP contribution in [0.15, 0.2) is 30.5 Å². The molecule has 5 nitrogen and oxygen atoms in total. The van der Waals surface area contributed by atoms with Crippen LogP contribution >= 0.6 is 0 Å². The average Bonchev–Trinajstić information content (AvgIpc) is 2.85. The second-order valence-electron chi connectivity index (χ2n) is 5.58. The SMILES string of the molecule is Nc1nc2cnc3ccccc3c2n1CC1CCCCO1. The molecule has 0 spiro atoms. The molecule has 0 amide bonds. The molecule has 1 aliphatic rings. The van der Waals surface area contributed by atoms with Crippen molar-refractivity contribution in [1.29, 1.82) is 0 Å². The van der Waals surface area contributed by atoms with E-state index in [4.69, 9.17) is 10.5 Å². The number of nitrogen functional groups attached to an aromatic ring is 1. The summed E-state index contributed by atoms with van der Waals surface area (Å²) in [6, 6.07) is 8.10. The largest absolute Gasteiger partial charge is 0.376 e. The number of rotatable bonds is 2. The van der Waals surface area contributed by atoms with Gasteiger partial charge in [-0.15, -0.1) is 0 Å². The van der Waals surface area contributed by atoms with Crippen LogP contribution in [0.2, 0.25) is 0 Å². The quantitative estimate of drug-likeness (QED) is 0.785. The van der Waals surface area contributed by atoms with Gasteiger partial charge in [0.25, 0.3) is 0 Å². The van der Waals surface area contributed by atoms with Crippen molar-refractivity contribution in [2.24, 2.45) is 0 Å². The summed E-state index contributed by atoms with van der Waals surface area (Å²) in [5.41, 5.74) is 9.01. The summed E-state index contributed by atoms with van der Waals surface area (Å²) in [4.78, 5) is 8.90. The molecule has 1 aromatic carbocycles. The topological polar surface area (TPSA) is 66.0 Å². The van der Waals surface area contributed by atoms with E-state index in [9.17, 15) is 0 Å². The molecule has 0 saturated carbocycles. The molecule has 5 heteroatoms. The van der Waals surface area contributed by atoms with Crippen molar-refractivity contribution >= 4 is 27.9 Å². The smallest absolute Gasteiger partial charge is 0.201 e. The number of benzene rings is 1. The molecular weight excluding hydrogens is 264 g/mol. The van der Waals surface area contributed by atoms with Gasteiger partial charge in [-0.1, -0.05) is 18.2 Å². The van der Waals surface area contributed by atoms with Crippen molar-refractivity contribution in [2.75, 3.05) is 12.3 Å². The number of imidazole rings is 1. The molecular formula is C16H18N4O. The van der Waals surface area contributed by atoms with Crippen molar-refractivity contribution in [1.82, 2.24) is 14.5 Å². The normalized spacial score (nSPS) is 19.3. The number of hydrogen-bond acceptors (Lipinski definition) is 4. The van der Waals surface area contributed by atoms with E-state index >= 15 is 0 Å². The Labute approximate surface area is 122 Å². The molecule has 1 fully saturated rings. The molecule has 21 heavy (non-hydrogen) atoms. The predicted molar refractivity (Wildman–Crippen MR) is 83.0 cm³/mol. The molecule has 1 aliphatic heterocycles. The summed E-state index contributed by atoms with van der Waals surface area (Å²) in [7, 11) is 0. The molecule has 0 bridgehead atoms. The van der Waals surface area contributed by atoms with Crippen molar-refractivity contribution in [3.63, 3.8) is 0 Å². The fraction of sp³-hybridized carbons (Fsp3) is 0.375. The van der Waals surface area contributed by atoms with E-state index in [1.54, 1.807) is 6.20 Å². The second-order valence-corrected chi connectivity index (χ2v) is 5.58. The molecule has 108 valence electrons. The highest BCUT2D eigenvalue weighted by Gasteiger charge is 2.19. The molecule has 2 aromatic heterocycles. The molecule has 4 rings (SSSR count). The minimum absolute atomic E-state index is 0.227. The number of hydrogen-bond donors (Lipinski definition) is 1. The van der Waals surface area contributed by atoms with Crippen molar-refractivity contribution in [3.05, 3.63) is 30.5 Å². The Bertz CT molecular complexity index is 789. The van der Waals surface area contributed by atoms with Crippen LogP contribution < -0.4 is 5.73 Å². The first-order chi connectivity index (χ1) is 10.3. The summed E-state index contributed by atoms with van der Waals surface area (Å²) in [5, 5.41) is 1.09. The van der Waals surface area contributed by atoms with Gasteiger partial charge in [0, 0.05) is 12.0 Å². The van der Waals surface area contributed by atoms with E-state index in [0.717, 1.165) is 47.9 Å². The third-order valence-corrected chi connectivity index (χ3v) is 4.17. The van der Waals surface area contributed by atoms with Crippen LogP contribution in [0.3, 0.4) is 0 Å². The number of ether oxygens (including phenoxy) is 1. The number of para-hydroxylation sites is 1. The Morgan fingerprint density at radius 1 is 1.24 bits per heavy atom. The minimum atomic E-state index is 0.227. The van der Waals surface area contributed by atoms with Gasteiger partial charge in [-0.05, 0) is 25.3 Å². The number of anilines is 1. The van der Waals surface area contributed by atoms with Gasteiger partial charge in [-0.3, -0.25) is 4.98 Å². The molecule has 2 N–H and O–H groups in total. The number of nitrogens with zero attached hydrogens (tertiary/aromatic N) is 3. The van der Waals surface area contributed by atoms with Gasteiger partial charge >= 0.3 is 0 Å². The van der Waals surface area contributed by atoms with Crippen LogP contribution in [0, 0.1) is 0 Å². The Hall–Kier alpha value is -2.14. The lowest BCUT2D eigenvalue weighted by Crippen LogP contribution is -2.25. The van der Waals surface area contributed by atoms with Gasteiger partial charge in [0.15, 0.2) is 0 Å². The van der Waals surface area contributed by atoms with Crippen molar-refractivity contribution in [2.45, 2.75) is 31.9 Å². The Kier molecular flexibility index (Phi) is 3.00. The van der Waals surface area contributed by atoms with Gasteiger partial charge in [0.05, 0.1) is 29.9 Å². The van der Waals surface area contributed by atoms with Crippen LogP contribution in [-0.4, -0.2) is 27.2 Å². The lowest BCUT2D eigenvalue weighted by atomic mass is 10.1.